The van der Waals surface area contributed by atoms with E-state index in [-0.39, 0.29) is 5.91 Å². The van der Waals surface area contributed by atoms with Crippen molar-refractivity contribution in [2.24, 2.45) is 12.1 Å². The van der Waals surface area contributed by atoms with Gasteiger partial charge in [-0.25, -0.2) is 5.43 Å². The first-order valence-electron chi connectivity index (χ1n) is 7.94. The lowest BCUT2D eigenvalue weighted by Crippen LogP contribution is -2.19. The molecule has 0 radical (unpaired) electrons. The van der Waals surface area contributed by atoms with Crippen LogP contribution in [0.25, 0.3) is 0 Å². The molecule has 7 nitrogen and oxygen atoms in total. The highest BCUT2D eigenvalue weighted by atomic mass is 32.2. The molecule has 0 spiro atoms. The van der Waals surface area contributed by atoms with E-state index in [1.807, 2.05) is 42.8 Å². The fraction of sp³-hybridized carbons (Fsp3) is 0.167. The Morgan fingerprint density at radius 3 is 2.69 bits per heavy atom. The van der Waals surface area contributed by atoms with Gasteiger partial charge in [-0.15, -0.1) is 10.2 Å². The second-order valence-corrected chi connectivity index (χ2v) is 6.53. The summed E-state index contributed by atoms with van der Waals surface area (Å²) in [7, 11) is 1.91. The van der Waals surface area contributed by atoms with Crippen LogP contribution < -0.4 is 5.43 Å². The van der Waals surface area contributed by atoms with E-state index in [0.717, 1.165) is 22.0 Å². The average molecular weight is 366 g/mol. The fourth-order valence-electron chi connectivity index (χ4n) is 2.14. The molecule has 0 unspecified atom stereocenters. The number of aryl methyl sites for hydroxylation is 1. The molecule has 3 aromatic rings. The molecule has 0 atom stereocenters. The van der Waals surface area contributed by atoms with E-state index in [1.54, 1.807) is 42.6 Å². The van der Waals surface area contributed by atoms with Crippen molar-refractivity contribution in [2.45, 2.75) is 17.8 Å². The van der Waals surface area contributed by atoms with Crippen molar-refractivity contribution < 1.29 is 4.79 Å². The molecule has 0 aliphatic carbocycles. The van der Waals surface area contributed by atoms with E-state index in [4.69, 9.17) is 0 Å². The van der Waals surface area contributed by atoms with Gasteiger partial charge in [0.05, 0.1) is 5.71 Å². The third kappa shape index (κ3) is 4.54. The number of hydrogen-bond donors (Lipinski definition) is 1. The van der Waals surface area contributed by atoms with Crippen LogP contribution in [-0.2, 0) is 12.8 Å². The van der Waals surface area contributed by atoms with Crippen LogP contribution in [0.5, 0.6) is 0 Å². The summed E-state index contributed by atoms with van der Waals surface area (Å²) in [5, 5.41) is 12.9. The number of benzene rings is 1. The van der Waals surface area contributed by atoms with Crippen LogP contribution in [-0.4, -0.2) is 31.4 Å². The maximum absolute atomic E-state index is 12.2. The van der Waals surface area contributed by atoms with E-state index in [1.165, 1.54) is 0 Å². The molecule has 3 rings (SSSR count). The fourth-order valence-corrected chi connectivity index (χ4v) is 2.99. The molecular weight excluding hydrogens is 348 g/mol. The monoisotopic (exact) mass is 366 g/mol. The third-order valence-corrected chi connectivity index (χ3v) is 4.76. The Hall–Kier alpha value is -3.00. The van der Waals surface area contributed by atoms with Gasteiger partial charge in [0.15, 0.2) is 5.16 Å². The van der Waals surface area contributed by atoms with Crippen molar-refractivity contribution in [3.8, 4) is 0 Å². The summed E-state index contributed by atoms with van der Waals surface area (Å²) in [6.45, 7) is 1.82. The summed E-state index contributed by atoms with van der Waals surface area (Å²) >= 11 is 1.59. The molecule has 0 bridgehead atoms. The molecule has 26 heavy (non-hydrogen) atoms. The Labute approximate surface area is 155 Å². The van der Waals surface area contributed by atoms with Gasteiger partial charge in [-0.05, 0) is 30.7 Å². The smallest absolute Gasteiger partial charge is 0.271 e. The van der Waals surface area contributed by atoms with Gasteiger partial charge in [0.1, 0.15) is 6.33 Å². The first-order chi connectivity index (χ1) is 12.6. The van der Waals surface area contributed by atoms with Gasteiger partial charge >= 0.3 is 0 Å². The molecule has 0 saturated heterocycles. The topological polar surface area (TPSA) is 85.1 Å². The molecule has 0 aliphatic heterocycles. The van der Waals surface area contributed by atoms with Crippen molar-refractivity contribution in [3.63, 3.8) is 0 Å². The highest BCUT2D eigenvalue weighted by Crippen LogP contribution is 2.20. The predicted octanol–water partition coefficient (Wildman–Crippen LogP) is 2.66. The second kappa shape index (κ2) is 8.39. The van der Waals surface area contributed by atoms with Crippen LogP contribution in [0.2, 0.25) is 0 Å². The molecule has 1 aromatic carbocycles. The van der Waals surface area contributed by atoms with Gasteiger partial charge in [-0.3, -0.25) is 9.78 Å². The van der Waals surface area contributed by atoms with Crippen molar-refractivity contribution >= 4 is 23.4 Å². The summed E-state index contributed by atoms with van der Waals surface area (Å²) < 4.78 is 1.87. The Morgan fingerprint density at radius 2 is 2.04 bits per heavy atom. The summed E-state index contributed by atoms with van der Waals surface area (Å²) in [6.07, 6.45) is 5.07. The number of hydrazone groups is 1. The van der Waals surface area contributed by atoms with Gasteiger partial charge in [0, 0.05) is 36.3 Å². The maximum Gasteiger partial charge on any atom is 0.271 e. The van der Waals surface area contributed by atoms with Crippen LogP contribution in [0, 0.1) is 0 Å². The molecule has 0 aliphatic rings. The Morgan fingerprint density at radius 1 is 1.23 bits per heavy atom. The zero-order valence-electron chi connectivity index (χ0n) is 14.5. The first-order valence-corrected chi connectivity index (χ1v) is 8.93. The van der Waals surface area contributed by atoms with Gasteiger partial charge in [0.2, 0.25) is 0 Å². The van der Waals surface area contributed by atoms with Crippen LogP contribution in [0.1, 0.15) is 28.4 Å². The molecule has 132 valence electrons. The van der Waals surface area contributed by atoms with Gasteiger partial charge in [-0.2, -0.15) is 5.10 Å². The minimum atomic E-state index is -0.249. The quantitative estimate of drug-likeness (QED) is 0.412. The molecule has 8 heteroatoms. The predicted molar refractivity (Wildman–Crippen MR) is 101 cm³/mol. The van der Waals surface area contributed by atoms with Crippen molar-refractivity contribution in [1.82, 2.24) is 25.2 Å². The molecule has 0 saturated carbocycles. The molecule has 2 heterocycles. The van der Waals surface area contributed by atoms with E-state index in [9.17, 15) is 4.79 Å². The largest absolute Gasteiger partial charge is 0.312 e. The Bertz CT molecular complexity index is 905. The number of hydrogen-bond acceptors (Lipinski definition) is 6. The molecule has 0 fully saturated rings. The SMILES string of the molecule is C/C(=N\NC(=O)c1ccc(CSc2nncn2C)cc1)c1cccnc1. The zero-order valence-corrected chi connectivity index (χ0v) is 15.3. The first kappa shape index (κ1) is 17.8. The van der Waals surface area contributed by atoms with Crippen molar-refractivity contribution in [1.29, 1.82) is 0 Å². The number of thioether (sulfide) groups is 1. The van der Waals surface area contributed by atoms with E-state index < -0.39 is 0 Å². The van der Waals surface area contributed by atoms with Crippen LogP contribution in [0.3, 0.4) is 0 Å². The van der Waals surface area contributed by atoms with Gasteiger partial charge < -0.3 is 4.57 Å². The number of pyridine rings is 1. The summed E-state index contributed by atoms with van der Waals surface area (Å²) in [4.78, 5) is 16.3. The minimum absolute atomic E-state index is 0.249. The lowest BCUT2D eigenvalue weighted by molar-refractivity contribution is 0.0955. The minimum Gasteiger partial charge on any atom is -0.312 e. The number of nitrogens with one attached hydrogen (secondary N) is 1. The molecular formula is C18H18N6OS. The van der Waals surface area contributed by atoms with Gasteiger partial charge in [-0.1, -0.05) is 30.0 Å². The zero-order chi connectivity index (χ0) is 18.4. The second-order valence-electron chi connectivity index (χ2n) is 5.59. The molecule has 1 N–H and O–H groups in total. The lowest BCUT2D eigenvalue weighted by atomic mass is 10.1. The number of aromatic nitrogens is 4. The van der Waals surface area contributed by atoms with Gasteiger partial charge in [0.25, 0.3) is 5.91 Å². The molecule has 1 amide bonds. The van der Waals surface area contributed by atoms with Crippen LogP contribution in [0.15, 0.2) is 65.4 Å². The number of rotatable bonds is 6. The Kier molecular flexibility index (Phi) is 5.75. The number of carbonyl (C=O) groups is 1. The third-order valence-electron chi connectivity index (χ3n) is 3.66. The number of carbonyl (C=O) groups excluding carboxylic acids is 1. The summed E-state index contributed by atoms with van der Waals surface area (Å²) in [6, 6.07) is 11.1. The summed E-state index contributed by atoms with van der Waals surface area (Å²) in [5.41, 5.74) is 5.79. The van der Waals surface area contributed by atoms with E-state index in [0.29, 0.717) is 11.3 Å². The maximum atomic E-state index is 12.2. The van der Waals surface area contributed by atoms with E-state index >= 15 is 0 Å². The van der Waals surface area contributed by atoms with Crippen molar-refractivity contribution in [2.75, 3.05) is 0 Å². The van der Waals surface area contributed by atoms with Crippen molar-refractivity contribution in [3.05, 3.63) is 71.8 Å². The average Bonchev–Trinajstić information content (AvgIpc) is 3.10. The lowest BCUT2D eigenvalue weighted by Gasteiger charge is -2.05. The summed E-state index contributed by atoms with van der Waals surface area (Å²) in [5.74, 6) is 0.507. The van der Waals surface area contributed by atoms with Crippen LogP contribution in [0.4, 0.5) is 0 Å². The number of amides is 1. The Balaban J connectivity index is 1.57. The normalized spacial score (nSPS) is 11.4. The van der Waals surface area contributed by atoms with E-state index in [2.05, 4.69) is 25.7 Å². The number of nitrogens with zero attached hydrogens (tertiary/aromatic N) is 5. The highest BCUT2D eigenvalue weighted by molar-refractivity contribution is 7.98. The van der Waals surface area contributed by atoms with Crippen LogP contribution >= 0.6 is 11.8 Å². The highest BCUT2D eigenvalue weighted by Gasteiger charge is 2.07. The molecule has 2 aromatic heterocycles. The standard InChI is InChI=1S/C18H18N6OS/c1-13(16-4-3-9-19-10-16)21-22-17(25)15-7-5-14(6-8-15)11-26-18-23-20-12-24(18)2/h3-10,12H,11H2,1-2H3,(H,22,25)/b21-13+.